The lowest BCUT2D eigenvalue weighted by atomic mass is 9.80. The van der Waals surface area contributed by atoms with Crippen LogP contribution in [-0.2, 0) is 17.4 Å². The van der Waals surface area contributed by atoms with Crippen LogP contribution in [0, 0.1) is 5.82 Å². The zero-order chi connectivity index (χ0) is 26.6. The maximum Gasteiger partial charge on any atom is 0.266 e. The predicted octanol–water partition coefficient (Wildman–Crippen LogP) is 3.94. The molecule has 2 aliphatic rings. The summed E-state index contributed by atoms with van der Waals surface area (Å²) in [4.78, 5) is 35.8. The van der Waals surface area contributed by atoms with Crippen LogP contribution in [0.5, 0.6) is 0 Å². The van der Waals surface area contributed by atoms with Crippen molar-refractivity contribution < 1.29 is 23.1 Å². The summed E-state index contributed by atoms with van der Waals surface area (Å²) in [6.45, 7) is 3.13. The van der Waals surface area contributed by atoms with Crippen molar-refractivity contribution in [1.29, 1.82) is 0 Å². The minimum absolute atomic E-state index is 0.0430. The number of amides is 1. The van der Waals surface area contributed by atoms with Crippen molar-refractivity contribution in [1.82, 2.24) is 19.4 Å². The van der Waals surface area contributed by atoms with Crippen LogP contribution < -0.4 is 10.9 Å². The van der Waals surface area contributed by atoms with E-state index >= 15 is 0 Å². The minimum Gasteiger partial charge on any atom is -0.385 e. The van der Waals surface area contributed by atoms with E-state index in [9.17, 15) is 27.9 Å². The smallest absolute Gasteiger partial charge is 0.266 e. The van der Waals surface area contributed by atoms with E-state index in [0.29, 0.717) is 11.0 Å². The second-order valence-electron chi connectivity index (χ2n) is 10.1. The van der Waals surface area contributed by atoms with E-state index in [1.165, 1.54) is 30.0 Å². The molecule has 2 N–H and O–H groups in total. The van der Waals surface area contributed by atoms with Crippen molar-refractivity contribution in [3.63, 3.8) is 0 Å². The summed E-state index contributed by atoms with van der Waals surface area (Å²) < 4.78 is 42.5. The van der Waals surface area contributed by atoms with Crippen LogP contribution in [0.1, 0.15) is 68.7 Å². The standard InChI is InChI=1S/C26H28F3N5O3/c1-13(17-5-4-6-18(21(17)27)22(28)29)32-23-19-9-20(25(36)33(3)24(19)31-12-30-23)26(37)10-15-7-8-16(11-26)34(15)14(2)35/h4-6,9,12-13,15-16,22,37H,7-8,10-11H2,1-3H3,(H,30,31,32)/t13-,15?,16?,26?/m1/s1. The van der Waals surface area contributed by atoms with Gasteiger partial charge in [-0.3, -0.25) is 14.2 Å². The summed E-state index contributed by atoms with van der Waals surface area (Å²) >= 11 is 0. The molecule has 2 unspecified atom stereocenters. The fourth-order valence-corrected chi connectivity index (χ4v) is 6.03. The summed E-state index contributed by atoms with van der Waals surface area (Å²) in [5, 5.41) is 15.2. The van der Waals surface area contributed by atoms with Gasteiger partial charge >= 0.3 is 0 Å². The lowest BCUT2D eigenvalue weighted by Crippen LogP contribution is -2.52. The highest BCUT2D eigenvalue weighted by atomic mass is 19.3. The Morgan fingerprint density at radius 3 is 2.46 bits per heavy atom. The van der Waals surface area contributed by atoms with E-state index in [0.717, 1.165) is 18.9 Å². The first-order valence-electron chi connectivity index (χ1n) is 12.2. The van der Waals surface area contributed by atoms with Gasteiger partial charge in [0.25, 0.3) is 12.0 Å². The number of alkyl halides is 2. The zero-order valence-electron chi connectivity index (χ0n) is 20.7. The molecular weight excluding hydrogens is 487 g/mol. The molecule has 4 heterocycles. The number of nitrogens with one attached hydrogen (secondary N) is 1. The van der Waals surface area contributed by atoms with Gasteiger partial charge in [-0.15, -0.1) is 0 Å². The third kappa shape index (κ3) is 4.14. The van der Waals surface area contributed by atoms with Crippen LogP contribution >= 0.6 is 0 Å². The second kappa shape index (κ2) is 9.13. The summed E-state index contributed by atoms with van der Waals surface area (Å²) in [6, 6.07) is 4.34. The first-order valence-corrected chi connectivity index (χ1v) is 12.2. The van der Waals surface area contributed by atoms with E-state index in [1.54, 1.807) is 24.9 Å². The number of nitrogens with zero attached hydrogens (tertiary/aromatic N) is 4. The summed E-state index contributed by atoms with van der Waals surface area (Å²) in [5.74, 6) is -0.770. The van der Waals surface area contributed by atoms with Crippen molar-refractivity contribution in [3.8, 4) is 0 Å². The molecule has 0 spiro atoms. The molecule has 2 aliphatic heterocycles. The van der Waals surface area contributed by atoms with E-state index < -0.39 is 35.0 Å². The first-order chi connectivity index (χ1) is 17.5. The van der Waals surface area contributed by atoms with Crippen LogP contribution in [0.2, 0.25) is 0 Å². The maximum absolute atomic E-state index is 14.8. The summed E-state index contributed by atoms with van der Waals surface area (Å²) in [7, 11) is 1.54. The Morgan fingerprint density at radius 2 is 1.84 bits per heavy atom. The molecule has 2 saturated heterocycles. The fourth-order valence-electron chi connectivity index (χ4n) is 6.03. The van der Waals surface area contributed by atoms with Crippen molar-refractivity contribution >= 4 is 22.8 Å². The average Bonchev–Trinajstić information content (AvgIpc) is 3.13. The van der Waals surface area contributed by atoms with Gasteiger partial charge in [0.2, 0.25) is 5.91 Å². The molecule has 3 aromatic rings. The lowest BCUT2D eigenvalue weighted by Gasteiger charge is -2.43. The molecule has 8 nitrogen and oxygen atoms in total. The third-order valence-corrected chi connectivity index (χ3v) is 7.75. The molecule has 1 aromatic carbocycles. The molecule has 2 bridgehead atoms. The van der Waals surface area contributed by atoms with Crippen molar-refractivity contribution in [3.05, 3.63) is 63.5 Å². The number of halogens is 3. The van der Waals surface area contributed by atoms with Gasteiger partial charge in [-0.25, -0.2) is 23.1 Å². The highest BCUT2D eigenvalue weighted by Gasteiger charge is 2.50. The lowest BCUT2D eigenvalue weighted by molar-refractivity contribution is -0.139. The first kappa shape index (κ1) is 25.2. The molecular formula is C26H28F3N5O3. The quantitative estimate of drug-likeness (QED) is 0.534. The van der Waals surface area contributed by atoms with E-state index in [-0.39, 0.29) is 47.8 Å². The van der Waals surface area contributed by atoms with Gasteiger partial charge in [0, 0.05) is 50.0 Å². The Balaban J connectivity index is 1.55. The number of anilines is 1. The Labute approximate surface area is 211 Å². The zero-order valence-corrected chi connectivity index (χ0v) is 20.7. The van der Waals surface area contributed by atoms with Crippen LogP contribution in [0.3, 0.4) is 0 Å². The second-order valence-corrected chi connectivity index (χ2v) is 10.1. The molecule has 2 fully saturated rings. The highest BCUT2D eigenvalue weighted by Crippen LogP contribution is 2.45. The molecule has 0 saturated carbocycles. The number of carbonyl (C=O) groups excluding carboxylic acids is 1. The van der Waals surface area contributed by atoms with Gasteiger partial charge in [-0.05, 0) is 25.8 Å². The molecule has 0 radical (unpaired) electrons. The Morgan fingerprint density at radius 1 is 1.19 bits per heavy atom. The SMILES string of the molecule is CC(=O)N1C2CCC1CC(O)(c1cc3c(N[C@H](C)c4cccc(C(F)F)c4F)ncnc3n(C)c1=O)C2. The van der Waals surface area contributed by atoms with Crippen molar-refractivity contribution in [2.75, 3.05) is 5.32 Å². The molecule has 1 amide bonds. The third-order valence-electron chi connectivity index (χ3n) is 7.75. The van der Waals surface area contributed by atoms with Gasteiger partial charge < -0.3 is 15.3 Å². The topological polar surface area (TPSA) is 100 Å². The molecule has 5 rings (SSSR count). The molecule has 3 atom stereocenters. The predicted molar refractivity (Wildman–Crippen MR) is 131 cm³/mol. The normalized spacial score (nSPS) is 24.1. The summed E-state index contributed by atoms with van der Waals surface area (Å²) in [5.41, 5.74) is -2.01. The molecule has 2 aromatic heterocycles. The van der Waals surface area contributed by atoms with E-state index in [1.807, 2.05) is 0 Å². The Hall–Kier alpha value is -3.47. The summed E-state index contributed by atoms with van der Waals surface area (Å²) in [6.07, 6.45) is 0.302. The number of benzene rings is 1. The Kier molecular flexibility index (Phi) is 6.21. The van der Waals surface area contributed by atoms with Gasteiger partial charge in [0.1, 0.15) is 23.6 Å². The van der Waals surface area contributed by atoms with Crippen molar-refractivity contribution in [2.45, 2.75) is 69.7 Å². The Bertz CT molecular complexity index is 1430. The fraction of sp³-hybridized carbons (Fsp3) is 0.462. The number of aliphatic hydroxyl groups is 1. The monoisotopic (exact) mass is 515 g/mol. The van der Waals surface area contributed by atoms with Gasteiger partial charge in [0.15, 0.2) is 0 Å². The highest BCUT2D eigenvalue weighted by molar-refractivity contribution is 5.87. The number of hydrogen-bond acceptors (Lipinski definition) is 6. The molecule has 196 valence electrons. The van der Waals surface area contributed by atoms with Gasteiger partial charge in [-0.2, -0.15) is 0 Å². The average molecular weight is 516 g/mol. The molecule has 11 heteroatoms. The minimum atomic E-state index is -2.95. The van der Waals surface area contributed by atoms with Crippen LogP contribution in [0.15, 0.2) is 35.4 Å². The van der Waals surface area contributed by atoms with Crippen LogP contribution in [0.4, 0.5) is 19.0 Å². The van der Waals surface area contributed by atoms with E-state index in [4.69, 9.17) is 0 Å². The number of hydrogen-bond donors (Lipinski definition) is 2. The van der Waals surface area contributed by atoms with Crippen molar-refractivity contribution in [2.24, 2.45) is 7.05 Å². The van der Waals surface area contributed by atoms with Crippen LogP contribution in [0.25, 0.3) is 11.0 Å². The molecule has 0 aliphatic carbocycles. The van der Waals surface area contributed by atoms with Gasteiger partial charge in [-0.1, -0.05) is 18.2 Å². The maximum atomic E-state index is 14.8. The van der Waals surface area contributed by atoms with Crippen LogP contribution in [-0.4, -0.2) is 42.5 Å². The number of aromatic nitrogens is 3. The van der Waals surface area contributed by atoms with E-state index in [2.05, 4.69) is 15.3 Å². The van der Waals surface area contributed by atoms with Gasteiger partial charge in [0.05, 0.1) is 22.6 Å². The number of pyridine rings is 1. The number of rotatable bonds is 5. The number of fused-ring (bicyclic) bond motifs is 3. The number of carbonyl (C=O) groups is 1. The largest absolute Gasteiger partial charge is 0.385 e. The number of aryl methyl sites for hydroxylation is 1. The molecule has 37 heavy (non-hydrogen) atoms. The number of piperidine rings is 1.